The molecule has 0 N–H and O–H groups in total. The molecule has 0 atom stereocenters. The lowest BCUT2D eigenvalue weighted by Gasteiger charge is -2.34. The molecule has 0 saturated carbocycles. The predicted molar refractivity (Wildman–Crippen MR) is 91.3 cm³/mol. The second kappa shape index (κ2) is 6.92. The molecule has 3 rings (SSSR count). The number of hydrogen-bond donors (Lipinski definition) is 0. The fraction of sp³-hybridized carbons (Fsp3) is 0.368. The number of aryl methyl sites for hydroxylation is 2. The normalized spacial score (nSPS) is 15.7. The van der Waals surface area contributed by atoms with Crippen molar-refractivity contribution in [3.8, 4) is 0 Å². The highest BCUT2D eigenvalue weighted by molar-refractivity contribution is 5.94. The monoisotopic (exact) mass is 309 g/mol. The number of amides is 1. The van der Waals surface area contributed by atoms with Crippen molar-refractivity contribution in [1.82, 2.24) is 14.8 Å². The van der Waals surface area contributed by atoms with Crippen molar-refractivity contribution in [2.45, 2.75) is 20.4 Å². The van der Waals surface area contributed by atoms with Gasteiger partial charge in [-0.05, 0) is 37.6 Å². The third-order valence-corrected chi connectivity index (χ3v) is 4.26. The highest BCUT2D eigenvalue weighted by Gasteiger charge is 2.22. The summed E-state index contributed by atoms with van der Waals surface area (Å²) < 4.78 is 0. The van der Waals surface area contributed by atoms with Gasteiger partial charge in [-0.2, -0.15) is 0 Å². The van der Waals surface area contributed by atoms with Crippen LogP contribution in [0.4, 0.5) is 0 Å². The maximum absolute atomic E-state index is 12.7. The second-order valence-corrected chi connectivity index (χ2v) is 6.31. The van der Waals surface area contributed by atoms with Gasteiger partial charge in [-0.3, -0.25) is 14.7 Å². The maximum atomic E-state index is 12.7. The van der Waals surface area contributed by atoms with Crippen molar-refractivity contribution in [3.63, 3.8) is 0 Å². The lowest BCUT2D eigenvalue weighted by Crippen LogP contribution is -2.48. The molecule has 0 spiro atoms. The first-order valence-electron chi connectivity index (χ1n) is 8.10. The third-order valence-electron chi connectivity index (χ3n) is 4.26. The average Bonchev–Trinajstić information content (AvgIpc) is 2.55. The van der Waals surface area contributed by atoms with E-state index in [1.54, 1.807) is 6.20 Å². The molecule has 0 unspecified atom stereocenters. The molecule has 2 aromatic rings. The first-order chi connectivity index (χ1) is 11.1. The highest BCUT2D eigenvalue weighted by Crippen LogP contribution is 2.14. The van der Waals surface area contributed by atoms with E-state index in [9.17, 15) is 4.79 Å². The van der Waals surface area contributed by atoms with E-state index in [0.717, 1.165) is 49.4 Å². The van der Waals surface area contributed by atoms with Crippen LogP contribution < -0.4 is 0 Å². The van der Waals surface area contributed by atoms with Gasteiger partial charge in [0.05, 0.1) is 0 Å². The smallest absolute Gasteiger partial charge is 0.253 e. The molecule has 0 aliphatic carbocycles. The lowest BCUT2D eigenvalue weighted by atomic mass is 10.1. The van der Waals surface area contributed by atoms with Gasteiger partial charge in [-0.1, -0.05) is 23.3 Å². The van der Waals surface area contributed by atoms with Crippen LogP contribution in [0, 0.1) is 13.8 Å². The van der Waals surface area contributed by atoms with E-state index in [4.69, 9.17) is 0 Å². The second-order valence-electron chi connectivity index (χ2n) is 6.31. The zero-order chi connectivity index (χ0) is 16.2. The Kier molecular flexibility index (Phi) is 4.72. The summed E-state index contributed by atoms with van der Waals surface area (Å²) in [6.07, 6.45) is 3.71. The number of benzene rings is 1. The van der Waals surface area contributed by atoms with E-state index < -0.39 is 0 Å². The molecule has 120 valence electrons. The zero-order valence-corrected chi connectivity index (χ0v) is 13.8. The van der Waals surface area contributed by atoms with Crippen molar-refractivity contribution in [1.29, 1.82) is 0 Å². The molecular formula is C19H23N3O. The first kappa shape index (κ1) is 15.7. The molecule has 1 saturated heterocycles. The molecule has 0 bridgehead atoms. The molecule has 2 heterocycles. The number of piperazine rings is 1. The molecule has 4 nitrogen and oxygen atoms in total. The lowest BCUT2D eigenvalue weighted by molar-refractivity contribution is 0.0628. The van der Waals surface area contributed by atoms with Crippen LogP contribution in [0.3, 0.4) is 0 Å². The van der Waals surface area contributed by atoms with E-state index in [-0.39, 0.29) is 5.91 Å². The summed E-state index contributed by atoms with van der Waals surface area (Å²) in [5, 5.41) is 0. The molecule has 0 radical (unpaired) electrons. The largest absolute Gasteiger partial charge is 0.336 e. The number of hydrogen-bond acceptors (Lipinski definition) is 3. The molecule has 23 heavy (non-hydrogen) atoms. The van der Waals surface area contributed by atoms with Gasteiger partial charge >= 0.3 is 0 Å². The Hall–Kier alpha value is -2.20. The molecule has 1 fully saturated rings. The summed E-state index contributed by atoms with van der Waals surface area (Å²) in [4.78, 5) is 21.2. The van der Waals surface area contributed by atoms with Crippen molar-refractivity contribution in [2.75, 3.05) is 26.2 Å². The third kappa shape index (κ3) is 3.96. The van der Waals surface area contributed by atoms with Crippen molar-refractivity contribution >= 4 is 5.91 Å². The van der Waals surface area contributed by atoms with Gasteiger partial charge in [0, 0.05) is 50.7 Å². The van der Waals surface area contributed by atoms with Gasteiger partial charge < -0.3 is 4.90 Å². The summed E-state index contributed by atoms with van der Waals surface area (Å²) in [5.74, 6) is 0.151. The molecule has 1 aromatic heterocycles. The van der Waals surface area contributed by atoms with Gasteiger partial charge in [0.25, 0.3) is 5.91 Å². The first-order valence-corrected chi connectivity index (χ1v) is 8.10. The van der Waals surface area contributed by atoms with Crippen molar-refractivity contribution < 1.29 is 4.79 Å². The highest BCUT2D eigenvalue weighted by atomic mass is 16.2. The number of pyridine rings is 1. The van der Waals surface area contributed by atoms with E-state index in [0.29, 0.717) is 0 Å². The summed E-state index contributed by atoms with van der Waals surface area (Å²) in [6, 6.07) is 10.1. The number of rotatable bonds is 3. The van der Waals surface area contributed by atoms with Crippen LogP contribution in [-0.4, -0.2) is 46.9 Å². The van der Waals surface area contributed by atoms with E-state index in [2.05, 4.69) is 22.0 Å². The number of aromatic nitrogens is 1. The standard InChI is InChI=1S/C19H23N3O/c1-15-10-16(2)12-18(11-15)19(23)22-8-6-21(7-9-22)14-17-4-3-5-20-13-17/h3-5,10-13H,6-9,14H2,1-2H3. The van der Waals surface area contributed by atoms with Gasteiger partial charge in [0.1, 0.15) is 0 Å². The van der Waals surface area contributed by atoms with Crippen LogP contribution in [0.2, 0.25) is 0 Å². The van der Waals surface area contributed by atoms with Crippen LogP contribution in [0.25, 0.3) is 0 Å². The van der Waals surface area contributed by atoms with Crippen LogP contribution in [-0.2, 0) is 6.54 Å². The molecule has 1 aliphatic rings. The minimum Gasteiger partial charge on any atom is -0.336 e. The zero-order valence-electron chi connectivity index (χ0n) is 13.8. The van der Waals surface area contributed by atoms with Crippen LogP contribution in [0.1, 0.15) is 27.0 Å². The van der Waals surface area contributed by atoms with Crippen LogP contribution in [0.15, 0.2) is 42.7 Å². The summed E-state index contributed by atoms with van der Waals surface area (Å²) in [5.41, 5.74) is 4.32. The van der Waals surface area contributed by atoms with E-state index in [1.165, 1.54) is 5.56 Å². The fourth-order valence-corrected chi connectivity index (χ4v) is 3.14. The van der Waals surface area contributed by atoms with Gasteiger partial charge in [0.15, 0.2) is 0 Å². The number of carbonyl (C=O) groups is 1. The van der Waals surface area contributed by atoms with Gasteiger partial charge in [-0.15, -0.1) is 0 Å². The summed E-state index contributed by atoms with van der Waals surface area (Å²) >= 11 is 0. The Morgan fingerprint density at radius 2 is 1.78 bits per heavy atom. The fourth-order valence-electron chi connectivity index (χ4n) is 3.14. The minimum absolute atomic E-state index is 0.151. The molecular weight excluding hydrogens is 286 g/mol. The van der Waals surface area contributed by atoms with Gasteiger partial charge in [0.2, 0.25) is 0 Å². The Balaban J connectivity index is 1.59. The number of nitrogens with zero attached hydrogens (tertiary/aromatic N) is 3. The van der Waals surface area contributed by atoms with Crippen LogP contribution in [0.5, 0.6) is 0 Å². The Morgan fingerprint density at radius 3 is 2.39 bits per heavy atom. The van der Waals surface area contributed by atoms with Crippen molar-refractivity contribution in [2.24, 2.45) is 0 Å². The van der Waals surface area contributed by atoms with Crippen LogP contribution >= 0.6 is 0 Å². The Morgan fingerprint density at radius 1 is 1.09 bits per heavy atom. The predicted octanol–water partition coefficient (Wildman–Crippen LogP) is 2.66. The van der Waals surface area contributed by atoms with E-state index >= 15 is 0 Å². The Bertz CT molecular complexity index is 656. The minimum atomic E-state index is 0.151. The topological polar surface area (TPSA) is 36.4 Å². The quantitative estimate of drug-likeness (QED) is 0.874. The summed E-state index contributed by atoms with van der Waals surface area (Å²) in [7, 11) is 0. The molecule has 1 aromatic carbocycles. The summed E-state index contributed by atoms with van der Waals surface area (Å²) in [6.45, 7) is 8.36. The van der Waals surface area contributed by atoms with Gasteiger partial charge in [-0.25, -0.2) is 0 Å². The molecule has 4 heteroatoms. The van der Waals surface area contributed by atoms with Crippen molar-refractivity contribution in [3.05, 3.63) is 65.0 Å². The average molecular weight is 309 g/mol. The SMILES string of the molecule is Cc1cc(C)cc(C(=O)N2CCN(Cc3cccnc3)CC2)c1. The maximum Gasteiger partial charge on any atom is 0.253 e. The number of carbonyl (C=O) groups excluding carboxylic acids is 1. The van der Waals surface area contributed by atoms with E-state index in [1.807, 2.05) is 43.1 Å². The Labute approximate surface area is 137 Å². The molecule has 1 amide bonds. The molecule has 1 aliphatic heterocycles.